The van der Waals surface area contributed by atoms with E-state index in [4.69, 9.17) is 0 Å². The molecule has 2 rings (SSSR count). The number of nitrogens with zero attached hydrogens (tertiary/aromatic N) is 2. The first-order valence-electron chi connectivity index (χ1n) is 6.77. The largest absolute Gasteiger partial charge is 0.395 e. The van der Waals surface area contributed by atoms with Crippen LogP contribution in [0.3, 0.4) is 0 Å². The average molecular weight is 249 g/mol. The van der Waals surface area contributed by atoms with Gasteiger partial charge in [-0.2, -0.15) is 0 Å². The molecule has 4 heteroatoms. The number of nitrogens with one attached hydrogen (secondary N) is 1. The zero-order chi connectivity index (χ0) is 13.0. The van der Waals surface area contributed by atoms with Crippen molar-refractivity contribution < 1.29 is 5.11 Å². The molecule has 0 saturated heterocycles. The van der Waals surface area contributed by atoms with E-state index in [1.54, 1.807) is 0 Å². The highest BCUT2D eigenvalue weighted by Crippen LogP contribution is 2.31. The number of hydrogen-bond acceptors (Lipinski definition) is 4. The highest BCUT2D eigenvalue weighted by atomic mass is 16.3. The minimum atomic E-state index is 0.185. The average Bonchev–Trinajstić information content (AvgIpc) is 3.18. The second-order valence-corrected chi connectivity index (χ2v) is 5.17. The lowest BCUT2D eigenvalue weighted by molar-refractivity contribution is 0.301. The van der Waals surface area contributed by atoms with Gasteiger partial charge in [-0.15, -0.1) is 0 Å². The van der Waals surface area contributed by atoms with E-state index in [-0.39, 0.29) is 6.61 Å². The Bertz CT molecular complexity index is 377. The Labute approximate surface area is 109 Å². The third kappa shape index (κ3) is 3.43. The van der Waals surface area contributed by atoms with Crippen LogP contribution in [0.4, 0.5) is 5.82 Å². The van der Waals surface area contributed by atoms with Crippen LogP contribution in [0.25, 0.3) is 0 Å². The lowest BCUT2D eigenvalue weighted by Crippen LogP contribution is -2.32. The maximum absolute atomic E-state index is 9.20. The van der Waals surface area contributed by atoms with E-state index < -0.39 is 0 Å². The first-order chi connectivity index (χ1) is 8.72. The maximum atomic E-state index is 9.20. The van der Waals surface area contributed by atoms with Crippen molar-refractivity contribution in [2.45, 2.75) is 45.3 Å². The van der Waals surface area contributed by atoms with E-state index in [1.165, 1.54) is 18.4 Å². The zero-order valence-corrected chi connectivity index (χ0v) is 11.3. The van der Waals surface area contributed by atoms with Gasteiger partial charge in [-0.1, -0.05) is 19.9 Å². The zero-order valence-electron chi connectivity index (χ0n) is 11.3. The molecule has 0 bridgehead atoms. The standard InChI is InChI=1S/C14H23N3O/c1-11(2)16-10-12-4-3-7-15-14(12)17(8-9-18)13-5-6-13/h3-4,7,11,13,16,18H,5-6,8-10H2,1-2H3. The summed E-state index contributed by atoms with van der Waals surface area (Å²) in [6.07, 6.45) is 4.27. The van der Waals surface area contributed by atoms with Gasteiger partial charge in [0.15, 0.2) is 0 Å². The molecular formula is C14H23N3O. The molecule has 1 heterocycles. The molecule has 1 aromatic heterocycles. The summed E-state index contributed by atoms with van der Waals surface area (Å²) >= 11 is 0. The fourth-order valence-corrected chi connectivity index (χ4v) is 2.10. The monoisotopic (exact) mass is 249 g/mol. The van der Waals surface area contributed by atoms with Crippen LogP contribution in [-0.4, -0.2) is 35.3 Å². The fraction of sp³-hybridized carbons (Fsp3) is 0.643. The highest BCUT2D eigenvalue weighted by molar-refractivity contribution is 5.48. The normalized spacial score (nSPS) is 15.1. The van der Waals surface area contributed by atoms with Crippen molar-refractivity contribution in [3.63, 3.8) is 0 Å². The van der Waals surface area contributed by atoms with Crippen LogP contribution in [0, 0.1) is 0 Å². The smallest absolute Gasteiger partial charge is 0.133 e. The number of pyridine rings is 1. The third-order valence-electron chi connectivity index (χ3n) is 3.17. The Balaban J connectivity index is 2.13. The fourth-order valence-electron chi connectivity index (χ4n) is 2.10. The van der Waals surface area contributed by atoms with E-state index in [0.29, 0.717) is 18.6 Å². The highest BCUT2D eigenvalue weighted by Gasteiger charge is 2.30. The number of aliphatic hydroxyl groups excluding tert-OH is 1. The van der Waals surface area contributed by atoms with Crippen LogP contribution < -0.4 is 10.2 Å². The van der Waals surface area contributed by atoms with Gasteiger partial charge in [-0.3, -0.25) is 0 Å². The van der Waals surface area contributed by atoms with Crippen LogP contribution in [0.1, 0.15) is 32.3 Å². The molecule has 0 amide bonds. The van der Waals surface area contributed by atoms with E-state index in [2.05, 4.69) is 35.1 Å². The molecule has 0 radical (unpaired) electrons. The molecule has 1 saturated carbocycles. The van der Waals surface area contributed by atoms with Gasteiger partial charge in [0, 0.05) is 36.9 Å². The summed E-state index contributed by atoms with van der Waals surface area (Å²) in [5.41, 5.74) is 1.21. The predicted octanol–water partition coefficient (Wildman–Crippen LogP) is 1.54. The lowest BCUT2D eigenvalue weighted by Gasteiger charge is -2.25. The van der Waals surface area contributed by atoms with Crippen molar-refractivity contribution in [3.8, 4) is 0 Å². The SMILES string of the molecule is CC(C)NCc1cccnc1N(CCO)C1CC1. The second-order valence-electron chi connectivity index (χ2n) is 5.17. The summed E-state index contributed by atoms with van der Waals surface area (Å²) in [7, 11) is 0. The summed E-state index contributed by atoms with van der Waals surface area (Å²) in [5, 5.41) is 12.6. The molecule has 1 aliphatic carbocycles. The van der Waals surface area contributed by atoms with Crippen LogP contribution in [0.5, 0.6) is 0 Å². The van der Waals surface area contributed by atoms with Gasteiger partial charge in [0.25, 0.3) is 0 Å². The predicted molar refractivity (Wildman–Crippen MR) is 73.7 cm³/mol. The molecule has 4 nitrogen and oxygen atoms in total. The van der Waals surface area contributed by atoms with Crippen molar-refractivity contribution in [1.29, 1.82) is 0 Å². The molecule has 100 valence electrons. The van der Waals surface area contributed by atoms with Gasteiger partial charge < -0.3 is 15.3 Å². The van der Waals surface area contributed by atoms with Gasteiger partial charge in [0.1, 0.15) is 5.82 Å². The van der Waals surface area contributed by atoms with E-state index >= 15 is 0 Å². The second kappa shape index (κ2) is 6.16. The summed E-state index contributed by atoms with van der Waals surface area (Å²) in [5.74, 6) is 1.03. The van der Waals surface area contributed by atoms with Crippen LogP contribution in [-0.2, 0) is 6.54 Å². The molecule has 18 heavy (non-hydrogen) atoms. The van der Waals surface area contributed by atoms with E-state index in [9.17, 15) is 5.11 Å². The van der Waals surface area contributed by atoms with Crippen LogP contribution in [0.2, 0.25) is 0 Å². The number of anilines is 1. The van der Waals surface area contributed by atoms with Crippen LogP contribution >= 0.6 is 0 Å². The van der Waals surface area contributed by atoms with Crippen molar-refractivity contribution in [1.82, 2.24) is 10.3 Å². The summed E-state index contributed by atoms with van der Waals surface area (Å²) in [6, 6.07) is 5.13. The first kappa shape index (κ1) is 13.3. The van der Waals surface area contributed by atoms with Gasteiger partial charge in [0.2, 0.25) is 0 Å². The minimum absolute atomic E-state index is 0.185. The Morgan fingerprint density at radius 1 is 1.50 bits per heavy atom. The number of hydrogen-bond donors (Lipinski definition) is 2. The van der Waals surface area contributed by atoms with Gasteiger partial charge in [-0.25, -0.2) is 4.98 Å². The molecule has 1 fully saturated rings. The van der Waals surface area contributed by atoms with Crippen molar-refractivity contribution >= 4 is 5.82 Å². The Morgan fingerprint density at radius 3 is 2.89 bits per heavy atom. The minimum Gasteiger partial charge on any atom is -0.395 e. The Kier molecular flexibility index (Phi) is 4.55. The molecule has 0 unspecified atom stereocenters. The van der Waals surface area contributed by atoms with Crippen molar-refractivity contribution in [2.24, 2.45) is 0 Å². The lowest BCUT2D eigenvalue weighted by atomic mass is 10.2. The molecule has 0 atom stereocenters. The van der Waals surface area contributed by atoms with Gasteiger partial charge in [-0.05, 0) is 18.9 Å². The molecule has 0 aliphatic heterocycles. The molecule has 0 aromatic carbocycles. The van der Waals surface area contributed by atoms with Crippen molar-refractivity contribution in [3.05, 3.63) is 23.9 Å². The third-order valence-corrected chi connectivity index (χ3v) is 3.17. The quantitative estimate of drug-likeness (QED) is 0.769. The van der Waals surface area contributed by atoms with Crippen LogP contribution in [0.15, 0.2) is 18.3 Å². The molecule has 2 N–H and O–H groups in total. The molecule has 0 spiro atoms. The summed E-state index contributed by atoms with van der Waals surface area (Å²) < 4.78 is 0. The topological polar surface area (TPSA) is 48.4 Å². The number of aliphatic hydroxyl groups is 1. The summed E-state index contributed by atoms with van der Waals surface area (Å²) in [6.45, 7) is 5.97. The Hall–Kier alpha value is -1.13. The van der Waals surface area contributed by atoms with Gasteiger partial charge in [0.05, 0.1) is 6.61 Å². The number of rotatable bonds is 7. The Morgan fingerprint density at radius 2 is 2.28 bits per heavy atom. The molecular weight excluding hydrogens is 226 g/mol. The van der Waals surface area contributed by atoms with Crippen molar-refractivity contribution in [2.75, 3.05) is 18.1 Å². The first-order valence-corrected chi connectivity index (χ1v) is 6.77. The molecule has 1 aromatic rings. The summed E-state index contributed by atoms with van der Waals surface area (Å²) in [4.78, 5) is 6.76. The molecule has 1 aliphatic rings. The number of aromatic nitrogens is 1. The van der Waals surface area contributed by atoms with E-state index in [1.807, 2.05) is 12.3 Å². The maximum Gasteiger partial charge on any atom is 0.133 e. The van der Waals surface area contributed by atoms with Gasteiger partial charge >= 0.3 is 0 Å². The van der Waals surface area contributed by atoms with E-state index in [0.717, 1.165) is 12.4 Å².